The summed E-state index contributed by atoms with van der Waals surface area (Å²) in [6.07, 6.45) is 0.0260. The topological polar surface area (TPSA) is 18.5 Å². The van der Waals surface area contributed by atoms with E-state index >= 15 is 0 Å². The Morgan fingerprint density at radius 3 is 2.20 bits per heavy atom. The van der Waals surface area contributed by atoms with Crippen molar-refractivity contribution >= 4 is 47.1 Å². The van der Waals surface area contributed by atoms with Gasteiger partial charge in [-0.3, -0.25) is 0 Å². The summed E-state index contributed by atoms with van der Waals surface area (Å²) < 4.78 is 13.3. The van der Waals surface area contributed by atoms with Gasteiger partial charge in [-0.15, -0.1) is 0 Å². The monoisotopic (exact) mass is 546 g/mol. The van der Waals surface area contributed by atoms with Crippen molar-refractivity contribution in [2.24, 2.45) is 16.7 Å². The zero-order valence-corrected chi connectivity index (χ0v) is 26.5. The Balaban J connectivity index is 1.85. The van der Waals surface area contributed by atoms with Gasteiger partial charge in [0.05, 0.1) is 18.5 Å². The van der Waals surface area contributed by atoms with E-state index in [0.717, 1.165) is 16.4 Å². The number of hydrogen-bond donors (Lipinski definition) is 0. The van der Waals surface area contributed by atoms with E-state index < -0.39 is 13.5 Å². The molecule has 2 aliphatic rings. The Morgan fingerprint density at radius 1 is 1.00 bits per heavy atom. The van der Waals surface area contributed by atoms with Crippen molar-refractivity contribution in [3.8, 4) is 5.75 Å². The van der Waals surface area contributed by atoms with E-state index in [4.69, 9.17) is 21.1 Å². The van der Waals surface area contributed by atoms with Gasteiger partial charge in [0.25, 0.3) is 0 Å². The van der Waals surface area contributed by atoms with Gasteiger partial charge < -0.3 is 9.26 Å². The molecule has 0 heterocycles. The Bertz CT molecular complexity index is 1110. The molecular weight excluding hydrogens is 504 g/mol. The van der Waals surface area contributed by atoms with Gasteiger partial charge in [-0.25, -0.2) is 0 Å². The number of hydrogen-bond acceptors (Lipinski definition) is 4. The normalized spacial score (nSPS) is 29.7. The first-order valence-electron chi connectivity index (χ1n) is 12.8. The molecule has 0 N–H and O–H groups in total. The zero-order valence-electron chi connectivity index (χ0n) is 22.9. The second kappa shape index (κ2) is 9.31. The van der Waals surface area contributed by atoms with Crippen LogP contribution in [0.5, 0.6) is 5.75 Å². The van der Waals surface area contributed by atoms with Crippen molar-refractivity contribution < 1.29 is 9.26 Å². The van der Waals surface area contributed by atoms with Gasteiger partial charge >= 0.3 is 0 Å². The van der Waals surface area contributed by atoms with Gasteiger partial charge in [-0.05, 0) is 41.3 Å². The van der Waals surface area contributed by atoms with Gasteiger partial charge in [0.1, 0.15) is 19.2 Å². The van der Waals surface area contributed by atoms with E-state index in [1.807, 2.05) is 12.1 Å². The molecule has 2 aliphatic carbocycles. The molecule has 2 fully saturated rings. The number of para-hydroxylation sites is 1. The van der Waals surface area contributed by atoms with Crippen LogP contribution in [-0.2, 0) is 16.3 Å². The molecule has 0 aliphatic heterocycles. The Labute approximate surface area is 223 Å². The first-order valence-corrected chi connectivity index (χ1v) is 20.2. The molecule has 2 aromatic carbocycles. The van der Waals surface area contributed by atoms with Gasteiger partial charge in [-0.2, -0.15) is 11.2 Å². The average Bonchev–Trinajstić information content (AvgIpc) is 3.12. The third kappa shape index (κ3) is 4.42. The highest BCUT2D eigenvalue weighted by molar-refractivity contribution is 8.29. The van der Waals surface area contributed by atoms with Crippen molar-refractivity contribution in [1.82, 2.24) is 0 Å². The zero-order chi connectivity index (χ0) is 25.9. The van der Waals surface area contributed by atoms with Crippen LogP contribution < -0.4 is 15.3 Å². The summed E-state index contributed by atoms with van der Waals surface area (Å²) in [4.78, 5) is 0. The molecule has 2 bridgehead atoms. The van der Waals surface area contributed by atoms with Crippen molar-refractivity contribution in [2.45, 2.75) is 83.9 Å². The summed E-state index contributed by atoms with van der Waals surface area (Å²) in [6.45, 7) is 19.8. The minimum absolute atomic E-state index is 0.0958. The maximum absolute atomic E-state index is 7.50. The van der Waals surface area contributed by atoms with Crippen LogP contribution in [0.3, 0.4) is 0 Å². The summed E-state index contributed by atoms with van der Waals surface area (Å²) in [5, 5.41) is 2.92. The highest BCUT2D eigenvalue weighted by atomic mass is 32.4. The van der Waals surface area contributed by atoms with E-state index in [1.54, 1.807) is 7.11 Å². The number of methoxy groups -OCH3 is 1. The predicted octanol–water partition coefficient (Wildman–Crippen LogP) is 7.99. The molecule has 0 saturated heterocycles. The number of benzene rings is 2. The van der Waals surface area contributed by atoms with Gasteiger partial charge in [-0.1, -0.05) is 109 Å². The molecule has 0 aromatic heterocycles. The van der Waals surface area contributed by atoms with E-state index in [2.05, 4.69) is 108 Å². The molecule has 0 spiro atoms. The van der Waals surface area contributed by atoms with Crippen LogP contribution in [0.2, 0.25) is 18.1 Å². The molecule has 4 rings (SSSR count). The third-order valence-corrected chi connectivity index (χ3v) is 23.2. The van der Waals surface area contributed by atoms with Crippen LogP contribution in [0.25, 0.3) is 0 Å². The minimum Gasteiger partial charge on any atom is -0.496 e. The fourth-order valence-electron chi connectivity index (χ4n) is 5.97. The standard InChI is InChI=1S/C29H43O2PS2Si/c1-27(2,3)35(8,9)34-25-22-19-20-29(6,28(22,4)5)26(25)31-32(33,21-15-11-10-12-16-21)24-18-14-13-17-23(24)30-7/h10-18,22,25-26H,19-20H2,1-9H3/t22-,25-,26-,29+,32-/m1/s1. The van der Waals surface area contributed by atoms with Gasteiger partial charge in [0.2, 0.25) is 0 Å². The highest BCUT2D eigenvalue weighted by Crippen LogP contribution is 2.72. The van der Waals surface area contributed by atoms with Crippen molar-refractivity contribution in [3.05, 3.63) is 54.6 Å². The molecule has 2 nitrogen and oxygen atoms in total. The van der Waals surface area contributed by atoms with Crippen LogP contribution in [0.4, 0.5) is 0 Å². The van der Waals surface area contributed by atoms with Crippen molar-refractivity contribution in [2.75, 3.05) is 7.11 Å². The molecule has 6 heteroatoms. The van der Waals surface area contributed by atoms with Crippen LogP contribution in [0, 0.1) is 16.7 Å². The fraction of sp³-hybridized carbons (Fsp3) is 0.586. The molecule has 192 valence electrons. The lowest BCUT2D eigenvalue weighted by atomic mass is 9.70. The number of ether oxygens (including phenoxy) is 1. The summed E-state index contributed by atoms with van der Waals surface area (Å²) in [7, 11) is 0.132. The smallest absolute Gasteiger partial charge is 0.129 e. The lowest BCUT2D eigenvalue weighted by molar-refractivity contribution is 0.0412. The first-order chi connectivity index (χ1) is 16.2. The van der Waals surface area contributed by atoms with E-state index in [0.29, 0.717) is 16.2 Å². The molecule has 35 heavy (non-hydrogen) atoms. The second-order valence-electron chi connectivity index (χ2n) is 12.7. The number of rotatable bonds is 7. The minimum atomic E-state index is -2.59. The van der Waals surface area contributed by atoms with Crippen LogP contribution >= 0.6 is 17.5 Å². The Kier molecular flexibility index (Phi) is 7.30. The van der Waals surface area contributed by atoms with E-state index in [9.17, 15) is 0 Å². The predicted molar refractivity (Wildman–Crippen MR) is 161 cm³/mol. The first kappa shape index (κ1) is 27.5. The quantitative estimate of drug-likeness (QED) is 0.259. The lowest BCUT2D eigenvalue weighted by Crippen LogP contribution is -2.45. The Morgan fingerprint density at radius 2 is 1.60 bits per heavy atom. The van der Waals surface area contributed by atoms with Gasteiger partial charge in [0.15, 0.2) is 0 Å². The molecular formula is C29H43O2PS2Si. The molecule has 0 radical (unpaired) electrons. The molecule has 2 saturated carbocycles. The highest BCUT2D eigenvalue weighted by Gasteiger charge is 2.68. The van der Waals surface area contributed by atoms with Crippen LogP contribution in [-0.4, -0.2) is 25.7 Å². The second-order valence-corrected chi connectivity index (χ2v) is 25.6. The SMILES string of the molecule is COc1ccccc1[P@@](=S)(O[C@@H]1[C@H](S[Si](C)(C)C(C)(C)C)[C@H]2CC[C@]1(C)C2(C)C)c1ccccc1. The third-order valence-electron chi connectivity index (χ3n) is 9.69. The Hall–Kier alpha value is -0.583. The largest absolute Gasteiger partial charge is 0.496 e. The summed E-state index contributed by atoms with van der Waals surface area (Å²) >= 11 is 8.93. The van der Waals surface area contributed by atoms with Crippen molar-refractivity contribution in [1.29, 1.82) is 0 Å². The van der Waals surface area contributed by atoms with E-state index in [1.165, 1.54) is 12.8 Å². The molecule has 5 atom stereocenters. The van der Waals surface area contributed by atoms with E-state index in [-0.39, 0.29) is 16.9 Å². The fourth-order valence-corrected chi connectivity index (χ4v) is 15.8. The molecule has 2 aromatic rings. The summed E-state index contributed by atoms with van der Waals surface area (Å²) in [5.41, 5.74) is 0.313. The summed E-state index contributed by atoms with van der Waals surface area (Å²) in [6, 6.07) is 18.8. The molecule has 0 unspecified atom stereocenters. The lowest BCUT2D eigenvalue weighted by Gasteiger charge is -2.45. The maximum atomic E-state index is 7.50. The summed E-state index contributed by atoms with van der Waals surface area (Å²) in [5.74, 6) is 1.48. The maximum Gasteiger partial charge on any atom is 0.129 e. The molecule has 0 amide bonds. The van der Waals surface area contributed by atoms with Crippen LogP contribution in [0.1, 0.15) is 54.4 Å². The van der Waals surface area contributed by atoms with Gasteiger partial charge in [0, 0.05) is 16.0 Å². The van der Waals surface area contributed by atoms with Crippen LogP contribution in [0.15, 0.2) is 54.6 Å². The average molecular weight is 547 g/mol. The van der Waals surface area contributed by atoms with Crippen molar-refractivity contribution in [3.63, 3.8) is 0 Å². The number of fused-ring (bicyclic) bond motifs is 2.